The summed E-state index contributed by atoms with van der Waals surface area (Å²) in [5.41, 5.74) is 2.68. The minimum atomic E-state index is 0.0355. The SMILES string of the molecule is CC(C)Cc1ccc(CCC[O])cc1. The largest absolute Gasteiger partial charge is 0.237 e. The first-order chi connectivity index (χ1) is 6.72. The van der Waals surface area contributed by atoms with Crippen LogP contribution in [-0.4, -0.2) is 6.61 Å². The summed E-state index contributed by atoms with van der Waals surface area (Å²) in [5.74, 6) is 0.711. The molecule has 77 valence electrons. The average molecular weight is 191 g/mol. The van der Waals surface area contributed by atoms with Gasteiger partial charge in [0.25, 0.3) is 0 Å². The summed E-state index contributed by atoms with van der Waals surface area (Å²) in [4.78, 5) is 0. The molecule has 1 nitrogen and oxygen atoms in total. The van der Waals surface area contributed by atoms with Gasteiger partial charge < -0.3 is 0 Å². The van der Waals surface area contributed by atoms with E-state index >= 15 is 0 Å². The molecule has 1 radical (unpaired) electrons. The molecule has 0 aliphatic carbocycles. The predicted molar refractivity (Wildman–Crippen MR) is 58.9 cm³/mol. The van der Waals surface area contributed by atoms with Crippen LogP contribution in [0, 0.1) is 5.92 Å². The van der Waals surface area contributed by atoms with E-state index in [-0.39, 0.29) is 6.61 Å². The number of hydrogen-bond acceptors (Lipinski definition) is 0. The maximum absolute atomic E-state index is 10.3. The smallest absolute Gasteiger partial charge is 0.0825 e. The number of rotatable bonds is 5. The third-order valence-electron chi connectivity index (χ3n) is 2.28. The van der Waals surface area contributed by atoms with Crippen molar-refractivity contribution in [2.24, 2.45) is 5.92 Å². The van der Waals surface area contributed by atoms with Crippen molar-refractivity contribution >= 4 is 0 Å². The highest BCUT2D eigenvalue weighted by Crippen LogP contribution is 2.10. The molecule has 0 saturated carbocycles. The Morgan fingerprint density at radius 2 is 1.64 bits per heavy atom. The maximum Gasteiger partial charge on any atom is 0.0825 e. The van der Waals surface area contributed by atoms with Crippen molar-refractivity contribution in [3.63, 3.8) is 0 Å². The predicted octanol–water partition coefficient (Wildman–Crippen LogP) is 3.25. The molecule has 1 rings (SSSR count). The Labute approximate surface area is 86.8 Å². The van der Waals surface area contributed by atoms with Gasteiger partial charge in [-0.2, -0.15) is 0 Å². The molecule has 0 spiro atoms. The van der Waals surface area contributed by atoms with Crippen LogP contribution in [0.3, 0.4) is 0 Å². The second-order valence-corrected chi connectivity index (χ2v) is 4.22. The molecule has 0 amide bonds. The Morgan fingerprint density at radius 1 is 1.07 bits per heavy atom. The summed E-state index contributed by atoms with van der Waals surface area (Å²) < 4.78 is 0. The van der Waals surface area contributed by atoms with E-state index < -0.39 is 0 Å². The van der Waals surface area contributed by atoms with Crippen LogP contribution in [0.5, 0.6) is 0 Å². The van der Waals surface area contributed by atoms with Crippen LogP contribution < -0.4 is 0 Å². The lowest BCUT2D eigenvalue weighted by molar-refractivity contribution is 0.189. The van der Waals surface area contributed by atoms with Crippen LogP contribution in [0.1, 0.15) is 31.4 Å². The van der Waals surface area contributed by atoms with E-state index in [0.29, 0.717) is 5.92 Å². The fraction of sp³-hybridized carbons (Fsp3) is 0.538. The van der Waals surface area contributed by atoms with Crippen molar-refractivity contribution in [1.82, 2.24) is 0 Å². The zero-order valence-corrected chi connectivity index (χ0v) is 9.12. The van der Waals surface area contributed by atoms with Gasteiger partial charge in [0.15, 0.2) is 0 Å². The molecule has 1 aromatic rings. The number of hydrogen-bond donors (Lipinski definition) is 0. The molecule has 1 aromatic carbocycles. The summed E-state index contributed by atoms with van der Waals surface area (Å²) in [7, 11) is 0. The van der Waals surface area contributed by atoms with E-state index in [1.54, 1.807) is 0 Å². The van der Waals surface area contributed by atoms with Crippen LogP contribution in [0.25, 0.3) is 0 Å². The molecule has 0 bridgehead atoms. The molecule has 0 saturated heterocycles. The van der Waals surface area contributed by atoms with Gasteiger partial charge in [-0.1, -0.05) is 38.1 Å². The van der Waals surface area contributed by atoms with Gasteiger partial charge in [0.05, 0.1) is 6.61 Å². The van der Waals surface area contributed by atoms with E-state index in [2.05, 4.69) is 38.1 Å². The standard InChI is InChI=1S/C13H19O/c1-11(2)10-13-7-5-12(6-8-13)4-3-9-14/h5-8,11H,3-4,9-10H2,1-2H3. The molecular weight excluding hydrogens is 172 g/mol. The Hall–Kier alpha value is -0.820. The van der Waals surface area contributed by atoms with E-state index in [1.807, 2.05) is 0 Å². The molecule has 1 heteroatoms. The molecule has 0 atom stereocenters. The first-order valence-electron chi connectivity index (χ1n) is 5.38. The van der Waals surface area contributed by atoms with Gasteiger partial charge in [-0.15, -0.1) is 0 Å². The molecule has 14 heavy (non-hydrogen) atoms. The van der Waals surface area contributed by atoms with Gasteiger partial charge in [-0.05, 0) is 36.3 Å². The minimum absolute atomic E-state index is 0.0355. The first-order valence-corrected chi connectivity index (χ1v) is 5.38. The van der Waals surface area contributed by atoms with Gasteiger partial charge >= 0.3 is 0 Å². The van der Waals surface area contributed by atoms with Crippen molar-refractivity contribution in [2.45, 2.75) is 33.1 Å². The van der Waals surface area contributed by atoms with Gasteiger partial charge in [-0.25, -0.2) is 5.11 Å². The summed E-state index contributed by atoms with van der Waals surface area (Å²) in [6.45, 7) is 4.49. The Morgan fingerprint density at radius 3 is 2.14 bits per heavy atom. The van der Waals surface area contributed by atoms with Gasteiger partial charge in [0.1, 0.15) is 0 Å². The molecule has 0 aliphatic heterocycles. The molecule has 0 unspecified atom stereocenters. The molecule has 0 heterocycles. The second kappa shape index (κ2) is 5.82. The Kier molecular flexibility index (Phi) is 4.68. The molecular formula is C13H19O. The summed E-state index contributed by atoms with van der Waals surface area (Å²) in [6.07, 6.45) is 2.82. The molecule has 0 aliphatic rings. The third-order valence-corrected chi connectivity index (χ3v) is 2.28. The van der Waals surface area contributed by atoms with E-state index in [0.717, 1.165) is 19.3 Å². The zero-order valence-electron chi connectivity index (χ0n) is 9.12. The fourth-order valence-electron chi connectivity index (χ4n) is 1.59. The second-order valence-electron chi connectivity index (χ2n) is 4.22. The summed E-state index contributed by atoms with van der Waals surface area (Å²) >= 11 is 0. The van der Waals surface area contributed by atoms with Crippen LogP contribution in [0.15, 0.2) is 24.3 Å². The van der Waals surface area contributed by atoms with Crippen molar-refractivity contribution in [3.8, 4) is 0 Å². The highest BCUT2D eigenvalue weighted by molar-refractivity contribution is 5.22. The Bertz CT molecular complexity index is 248. The van der Waals surface area contributed by atoms with Crippen molar-refractivity contribution in [1.29, 1.82) is 0 Å². The number of aryl methyl sites for hydroxylation is 1. The lowest BCUT2D eigenvalue weighted by Crippen LogP contribution is -1.94. The van der Waals surface area contributed by atoms with Crippen molar-refractivity contribution in [2.75, 3.05) is 6.61 Å². The normalized spacial score (nSPS) is 10.9. The van der Waals surface area contributed by atoms with Crippen LogP contribution in [0.4, 0.5) is 0 Å². The van der Waals surface area contributed by atoms with Crippen LogP contribution in [-0.2, 0) is 17.9 Å². The molecule has 0 N–H and O–H groups in total. The fourth-order valence-corrected chi connectivity index (χ4v) is 1.59. The highest BCUT2D eigenvalue weighted by atomic mass is 16.2. The maximum atomic E-state index is 10.3. The Balaban J connectivity index is 2.50. The van der Waals surface area contributed by atoms with E-state index in [9.17, 15) is 5.11 Å². The van der Waals surface area contributed by atoms with Gasteiger partial charge in [0, 0.05) is 0 Å². The van der Waals surface area contributed by atoms with E-state index in [4.69, 9.17) is 0 Å². The minimum Gasteiger partial charge on any atom is -0.237 e. The van der Waals surface area contributed by atoms with Crippen LogP contribution in [0.2, 0.25) is 0 Å². The van der Waals surface area contributed by atoms with E-state index in [1.165, 1.54) is 11.1 Å². The number of benzene rings is 1. The lowest BCUT2D eigenvalue weighted by atomic mass is 10.0. The van der Waals surface area contributed by atoms with Crippen LogP contribution >= 0.6 is 0 Å². The molecule has 0 fully saturated rings. The van der Waals surface area contributed by atoms with Crippen molar-refractivity contribution < 1.29 is 5.11 Å². The third kappa shape index (κ3) is 3.93. The monoisotopic (exact) mass is 191 g/mol. The summed E-state index contributed by atoms with van der Waals surface area (Å²) in [6, 6.07) is 8.65. The van der Waals surface area contributed by atoms with Gasteiger partial charge in [0.2, 0.25) is 0 Å². The van der Waals surface area contributed by atoms with Gasteiger partial charge in [-0.3, -0.25) is 0 Å². The van der Waals surface area contributed by atoms with Crippen molar-refractivity contribution in [3.05, 3.63) is 35.4 Å². The molecule has 0 aromatic heterocycles. The lowest BCUT2D eigenvalue weighted by Gasteiger charge is -2.05. The average Bonchev–Trinajstić information content (AvgIpc) is 2.16. The highest BCUT2D eigenvalue weighted by Gasteiger charge is 1.98. The topological polar surface area (TPSA) is 19.9 Å². The summed E-state index contributed by atoms with van der Waals surface area (Å²) in [5, 5.41) is 10.3. The first kappa shape index (κ1) is 11.3. The quantitative estimate of drug-likeness (QED) is 0.681. The zero-order chi connectivity index (χ0) is 10.4.